The summed E-state index contributed by atoms with van der Waals surface area (Å²) in [5, 5.41) is 3.51. The highest BCUT2D eigenvalue weighted by atomic mass is 35.5. The van der Waals surface area contributed by atoms with E-state index in [4.69, 9.17) is 11.6 Å². The molecule has 2 aromatic rings. The topological polar surface area (TPSA) is 69.7 Å². The van der Waals surface area contributed by atoms with Crippen LogP contribution in [0.3, 0.4) is 0 Å². The molecule has 4 atom stereocenters. The molecule has 6 rings (SSSR count). The maximum Gasteiger partial charge on any atom is 0.250 e. The van der Waals surface area contributed by atoms with Crippen LogP contribution in [-0.2, 0) is 19.9 Å². The van der Waals surface area contributed by atoms with Gasteiger partial charge in [0.15, 0.2) is 0 Å². The summed E-state index contributed by atoms with van der Waals surface area (Å²) in [7, 11) is 0. The van der Waals surface area contributed by atoms with Gasteiger partial charge in [-0.3, -0.25) is 19.3 Å². The summed E-state index contributed by atoms with van der Waals surface area (Å²) in [4.78, 5) is 44.0. The number of amides is 3. The van der Waals surface area contributed by atoms with Crippen LogP contribution in [0.4, 0.5) is 11.4 Å². The molecule has 29 heavy (non-hydrogen) atoms. The molecule has 4 aliphatic rings. The van der Waals surface area contributed by atoms with Gasteiger partial charge < -0.3 is 5.32 Å². The van der Waals surface area contributed by atoms with Crippen molar-refractivity contribution < 1.29 is 14.4 Å². The summed E-state index contributed by atoms with van der Waals surface area (Å²) in [6, 6.07) is 14.1. The molecule has 0 bridgehead atoms. The second-order valence-electron chi connectivity index (χ2n) is 8.16. The van der Waals surface area contributed by atoms with E-state index in [0.717, 1.165) is 24.1 Å². The van der Waals surface area contributed by atoms with Gasteiger partial charge in [0.1, 0.15) is 5.54 Å². The Morgan fingerprint density at radius 3 is 2.55 bits per heavy atom. The van der Waals surface area contributed by atoms with E-state index in [0.29, 0.717) is 17.3 Å². The van der Waals surface area contributed by atoms with Crippen molar-refractivity contribution in [2.24, 2.45) is 11.8 Å². The smallest absolute Gasteiger partial charge is 0.250 e. The normalized spacial score (nSPS) is 32.7. The van der Waals surface area contributed by atoms with Crippen LogP contribution < -0.4 is 10.2 Å². The number of carbonyl (C=O) groups is 3. The Morgan fingerprint density at radius 2 is 1.76 bits per heavy atom. The van der Waals surface area contributed by atoms with Crippen LogP contribution in [0.1, 0.15) is 18.4 Å². The molecule has 2 aromatic carbocycles. The van der Waals surface area contributed by atoms with E-state index in [1.54, 1.807) is 24.3 Å². The zero-order valence-electron chi connectivity index (χ0n) is 15.5. The number of hydrogen-bond acceptors (Lipinski definition) is 4. The molecule has 3 amide bonds. The second-order valence-corrected chi connectivity index (χ2v) is 8.60. The van der Waals surface area contributed by atoms with Gasteiger partial charge in [-0.05, 0) is 49.7 Å². The van der Waals surface area contributed by atoms with Crippen molar-refractivity contribution in [1.82, 2.24) is 4.90 Å². The van der Waals surface area contributed by atoms with E-state index >= 15 is 0 Å². The Labute approximate surface area is 172 Å². The van der Waals surface area contributed by atoms with Gasteiger partial charge in [-0.2, -0.15) is 0 Å². The standard InChI is InChI=1S/C22H18ClN3O3/c23-12-7-9-13(10-8-12)26-19(27)17-16-6-3-11-25(16)22(18(17)20(26)28)14-4-1-2-5-15(14)24-21(22)29/h1-2,4-5,7-10,16-18H,3,6,11H2,(H,24,29)/t16-,17+,18+,22-/m0/s1. The van der Waals surface area contributed by atoms with Crippen LogP contribution in [0.2, 0.25) is 5.02 Å². The third kappa shape index (κ3) is 1.93. The summed E-state index contributed by atoms with van der Waals surface area (Å²) in [5.74, 6) is -1.95. The van der Waals surface area contributed by atoms with E-state index < -0.39 is 17.4 Å². The Kier molecular flexibility index (Phi) is 3.36. The Morgan fingerprint density at radius 1 is 1.00 bits per heavy atom. The molecule has 146 valence electrons. The number of halogens is 1. The number of para-hydroxylation sites is 1. The first-order valence-corrected chi connectivity index (χ1v) is 10.2. The number of imide groups is 1. The van der Waals surface area contributed by atoms with Crippen LogP contribution in [0.5, 0.6) is 0 Å². The molecule has 6 nitrogen and oxygen atoms in total. The zero-order valence-corrected chi connectivity index (χ0v) is 16.2. The van der Waals surface area contributed by atoms with E-state index in [9.17, 15) is 14.4 Å². The average Bonchev–Trinajstić information content (AvgIpc) is 3.41. The van der Waals surface area contributed by atoms with Gasteiger partial charge in [0.2, 0.25) is 17.7 Å². The summed E-state index contributed by atoms with van der Waals surface area (Å²) in [6.45, 7) is 0.709. The number of benzene rings is 2. The highest BCUT2D eigenvalue weighted by molar-refractivity contribution is 6.31. The maximum absolute atomic E-state index is 13.7. The number of nitrogens with one attached hydrogen (secondary N) is 1. The number of hydrogen-bond donors (Lipinski definition) is 1. The average molecular weight is 408 g/mol. The van der Waals surface area contributed by atoms with Crippen molar-refractivity contribution in [1.29, 1.82) is 0 Å². The quantitative estimate of drug-likeness (QED) is 0.738. The lowest BCUT2D eigenvalue weighted by Gasteiger charge is -2.36. The van der Waals surface area contributed by atoms with Gasteiger partial charge in [-0.15, -0.1) is 0 Å². The van der Waals surface area contributed by atoms with E-state index in [1.165, 1.54) is 4.90 Å². The van der Waals surface area contributed by atoms with Crippen molar-refractivity contribution in [2.45, 2.75) is 24.4 Å². The van der Waals surface area contributed by atoms with Gasteiger partial charge in [-0.1, -0.05) is 29.8 Å². The van der Waals surface area contributed by atoms with Gasteiger partial charge in [-0.25, -0.2) is 4.90 Å². The van der Waals surface area contributed by atoms with Crippen molar-refractivity contribution in [3.8, 4) is 0 Å². The number of fused-ring (bicyclic) bond motifs is 7. The van der Waals surface area contributed by atoms with Crippen LogP contribution >= 0.6 is 11.6 Å². The number of anilines is 2. The molecule has 0 saturated carbocycles. The lowest BCUT2D eigenvalue weighted by molar-refractivity contribution is -0.135. The fraction of sp³-hybridized carbons (Fsp3) is 0.318. The minimum atomic E-state index is -1.11. The molecule has 4 heterocycles. The largest absolute Gasteiger partial charge is 0.324 e. The fourth-order valence-corrected chi connectivity index (χ4v) is 6.13. The van der Waals surface area contributed by atoms with E-state index in [-0.39, 0.29) is 23.8 Å². The second kappa shape index (κ2) is 5.68. The molecular formula is C22H18ClN3O3. The lowest BCUT2D eigenvalue weighted by Crippen LogP contribution is -2.54. The number of nitrogens with zero attached hydrogens (tertiary/aromatic N) is 2. The molecule has 1 spiro atoms. The molecule has 0 aliphatic carbocycles. The van der Waals surface area contributed by atoms with E-state index in [2.05, 4.69) is 10.2 Å². The Hall–Kier alpha value is -2.70. The van der Waals surface area contributed by atoms with Crippen molar-refractivity contribution in [3.05, 3.63) is 59.1 Å². The van der Waals surface area contributed by atoms with Crippen LogP contribution in [0, 0.1) is 11.8 Å². The predicted octanol–water partition coefficient (Wildman–Crippen LogP) is 2.77. The first-order chi connectivity index (χ1) is 14.0. The Bertz CT molecular complexity index is 1080. The fourth-order valence-electron chi connectivity index (χ4n) is 6.00. The van der Waals surface area contributed by atoms with Gasteiger partial charge in [0, 0.05) is 22.3 Å². The van der Waals surface area contributed by atoms with Crippen molar-refractivity contribution in [3.63, 3.8) is 0 Å². The van der Waals surface area contributed by atoms with Gasteiger partial charge >= 0.3 is 0 Å². The van der Waals surface area contributed by atoms with E-state index in [1.807, 2.05) is 24.3 Å². The summed E-state index contributed by atoms with van der Waals surface area (Å²) >= 11 is 5.99. The minimum absolute atomic E-state index is 0.106. The monoisotopic (exact) mass is 407 g/mol. The molecule has 1 N–H and O–H groups in total. The minimum Gasteiger partial charge on any atom is -0.324 e. The molecule has 0 aromatic heterocycles. The van der Waals surface area contributed by atoms with Crippen LogP contribution in [0.15, 0.2) is 48.5 Å². The first kappa shape index (κ1) is 17.2. The highest BCUT2D eigenvalue weighted by Gasteiger charge is 2.74. The lowest BCUT2D eigenvalue weighted by atomic mass is 9.75. The van der Waals surface area contributed by atoms with Gasteiger partial charge in [0.05, 0.1) is 17.5 Å². The predicted molar refractivity (Wildman–Crippen MR) is 107 cm³/mol. The summed E-state index contributed by atoms with van der Waals surface area (Å²) < 4.78 is 0. The molecule has 0 radical (unpaired) electrons. The molecular weight excluding hydrogens is 390 g/mol. The third-order valence-electron chi connectivity index (χ3n) is 6.98. The number of rotatable bonds is 1. The number of carbonyl (C=O) groups excluding carboxylic acids is 3. The van der Waals surface area contributed by atoms with Gasteiger partial charge in [0.25, 0.3) is 0 Å². The summed E-state index contributed by atoms with van der Waals surface area (Å²) in [6.07, 6.45) is 1.72. The first-order valence-electron chi connectivity index (χ1n) is 9.86. The SMILES string of the molecule is O=C1[C@@H]2[C@@H]3CCCN3[C@]3(C(=O)Nc4ccccc43)[C@H]2C(=O)N1c1ccc(Cl)cc1. The van der Waals surface area contributed by atoms with Crippen molar-refractivity contribution in [2.75, 3.05) is 16.8 Å². The molecule has 3 saturated heterocycles. The zero-order chi connectivity index (χ0) is 19.9. The van der Waals surface area contributed by atoms with Crippen LogP contribution in [-0.4, -0.2) is 35.2 Å². The molecule has 3 fully saturated rings. The Balaban J connectivity index is 1.55. The highest BCUT2D eigenvalue weighted by Crippen LogP contribution is 2.60. The molecule has 0 unspecified atom stereocenters. The van der Waals surface area contributed by atoms with Crippen LogP contribution in [0.25, 0.3) is 0 Å². The maximum atomic E-state index is 13.7. The molecule has 4 aliphatic heterocycles. The third-order valence-corrected chi connectivity index (χ3v) is 7.24. The molecule has 7 heteroatoms. The summed E-state index contributed by atoms with van der Waals surface area (Å²) in [5.41, 5.74) is 0.929. The van der Waals surface area contributed by atoms with Crippen molar-refractivity contribution >= 4 is 40.7 Å².